The van der Waals surface area contributed by atoms with Crippen molar-refractivity contribution >= 4 is 5.69 Å². The summed E-state index contributed by atoms with van der Waals surface area (Å²) in [6.45, 7) is 0. The Morgan fingerprint density at radius 1 is 1.00 bits per heavy atom. The number of hydrogen-bond acceptors (Lipinski definition) is 4. The van der Waals surface area contributed by atoms with Crippen LogP contribution in [0.25, 0.3) is 0 Å². The molecule has 2 bridgehead atoms. The van der Waals surface area contributed by atoms with Crippen LogP contribution in [0.5, 0.6) is 11.5 Å². The van der Waals surface area contributed by atoms with E-state index in [-0.39, 0.29) is 0 Å². The number of fused-ring (bicyclic) bond motifs is 2. The second kappa shape index (κ2) is 6.14. The Bertz CT molecular complexity index is 455. The van der Waals surface area contributed by atoms with Gasteiger partial charge in [-0.25, -0.2) is 0 Å². The Morgan fingerprint density at radius 3 is 2.05 bits per heavy atom. The Morgan fingerprint density at radius 2 is 1.57 bits per heavy atom. The molecule has 2 atom stereocenters. The number of benzene rings is 1. The molecule has 1 aromatic rings. The van der Waals surface area contributed by atoms with Crippen LogP contribution in [0.2, 0.25) is 0 Å². The molecule has 1 N–H and O–H groups in total. The van der Waals surface area contributed by atoms with Crippen molar-refractivity contribution < 1.29 is 9.47 Å². The highest BCUT2D eigenvalue weighted by Crippen LogP contribution is 2.40. The minimum absolute atomic E-state index is 0.631. The molecule has 1 aromatic carbocycles. The van der Waals surface area contributed by atoms with E-state index in [9.17, 15) is 0 Å². The fourth-order valence-corrected chi connectivity index (χ4v) is 3.98. The predicted octanol–water partition coefficient (Wildman–Crippen LogP) is 2.81. The van der Waals surface area contributed by atoms with E-state index in [1.165, 1.54) is 37.8 Å². The standard InChI is InChI=1S/C17H26N2O2/c1-18-12-7-13-5-4-6-14(8-12)19(13)15-9-16(20-2)11-17(10-15)21-3/h9-14,18H,4-8H2,1-3H3. The van der Waals surface area contributed by atoms with E-state index >= 15 is 0 Å². The summed E-state index contributed by atoms with van der Waals surface area (Å²) < 4.78 is 10.9. The predicted molar refractivity (Wildman–Crippen MR) is 85.5 cm³/mol. The maximum Gasteiger partial charge on any atom is 0.124 e. The zero-order chi connectivity index (χ0) is 14.8. The number of piperidine rings is 2. The molecule has 0 radical (unpaired) electrons. The van der Waals surface area contributed by atoms with Crippen molar-refractivity contribution in [2.75, 3.05) is 26.2 Å². The van der Waals surface area contributed by atoms with Gasteiger partial charge < -0.3 is 19.7 Å². The Balaban J connectivity index is 1.92. The van der Waals surface area contributed by atoms with Crippen LogP contribution in [0.3, 0.4) is 0 Å². The third-order valence-corrected chi connectivity index (χ3v) is 5.02. The summed E-state index contributed by atoms with van der Waals surface area (Å²) in [4.78, 5) is 2.61. The maximum absolute atomic E-state index is 5.43. The maximum atomic E-state index is 5.43. The number of rotatable bonds is 4. The van der Waals surface area contributed by atoms with E-state index < -0.39 is 0 Å². The minimum atomic E-state index is 0.631. The smallest absolute Gasteiger partial charge is 0.124 e. The van der Waals surface area contributed by atoms with Crippen LogP contribution in [0, 0.1) is 0 Å². The van der Waals surface area contributed by atoms with Crippen molar-refractivity contribution in [3.63, 3.8) is 0 Å². The lowest BCUT2D eigenvalue weighted by Crippen LogP contribution is -2.56. The largest absolute Gasteiger partial charge is 0.497 e. The third kappa shape index (κ3) is 2.82. The first kappa shape index (κ1) is 14.5. The van der Waals surface area contributed by atoms with Crippen molar-refractivity contribution in [3.05, 3.63) is 18.2 Å². The molecule has 2 aliphatic heterocycles. The van der Waals surface area contributed by atoms with Crippen LogP contribution in [-0.2, 0) is 0 Å². The van der Waals surface area contributed by atoms with Gasteiger partial charge in [0.05, 0.1) is 14.2 Å². The van der Waals surface area contributed by atoms with Crippen molar-refractivity contribution in [2.24, 2.45) is 0 Å². The summed E-state index contributed by atoms with van der Waals surface area (Å²) in [5.74, 6) is 1.75. The van der Waals surface area contributed by atoms with Crippen molar-refractivity contribution in [1.29, 1.82) is 0 Å². The summed E-state index contributed by atoms with van der Waals surface area (Å²) in [5, 5.41) is 3.47. The van der Waals surface area contributed by atoms with E-state index in [0.717, 1.165) is 11.5 Å². The molecule has 4 heteroatoms. The summed E-state index contributed by atoms with van der Waals surface area (Å²) in [6.07, 6.45) is 6.38. The van der Waals surface area contributed by atoms with Crippen LogP contribution in [0.1, 0.15) is 32.1 Å². The highest BCUT2D eigenvalue weighted by Gasteiger charge is 2.38. The quantitative estimate of drug-likeness (QED) is 0.924. The number of nitrogens with one attached hydrogen (secondary N) is 1. The second-order valence-electron chi connectivity index (χ2n) is 6.17. The highest BCUT2D eigenvalue weighted by molar-refractivity contribution is 5.57. The van der Waals surface area contributed by atoms with E-state index in [1.807, 2.05) is 6.07 Å². The molecule has 2 aliphatic rings. The van der Waals surface area contributed by atoms with Gasteiger partial charge in [0, 0.05) is 42.0 Å². The molecule has 116 valence electrons. The monoisotopic (exact) mass is 290 g/mol. The van der Waals surface area contributed by atoms with Crippen molar-refractivity contribution in [2.45, 2.75) is 50.2 Å². The molecule has 2 heterocycles. The first-order valence-electron chi connectivity index (χ1n) is 7.93. The summed E-state index contributed by atoms with van der Waals surface area (Å²) in [6, 6.07) is 8.16. The molecule has 0 spiro atoms. The highest BCUT2D eigenvalue weighted by atomic mass is 16.5. The average molecular weight is 290 g/mol. The van der Waals surface area contributed by atoms with E-state index in [2.05, 4.69) is 29.4 Å². The molecule has 0 aliphatic carbocycles. The van der Waals surface area contributed by atoms with E-state index in [4.69, 9.17) is 9.47 Å². The van der Waals surface area contributed by atoms with Crippen molar-refractivity contribution in [3.8, 4) is 11.5 Å². The number of anilines is 1. The zero-order valence-electron chi connectivity index (χ0n) is 13.3. The second-order valence-corrected chi connectivity index (χ2v) is 6.17. The van der Waals surface area contributed by atoms with Crippen molar-refractivity contribution in [1.82, 2.24) is 5.32 Å². The molecule has 3 rings (SSSR count). The molecule has 2 saturated heterocycles. The molecule has 2 unspecified atom stereocenters. The van der Waals surface area contributed by atoms with Gasteiger partial charge in [-0.15, -0.1) is 0 Å². The zero-order valence-corrected chi connectivity index (χ0v) is 13.3. The Hall–Kier alpha value is -1.42. The van der Waals surface area contributed by atoms with Crippen LogP contribution in [0.15, 0.2) is 18.2 Å². The molecular formula is C17H26N2O2. The lowest BCUT2D eigenvalue weighted by Gasteiger charge is -2.50. The van der Waals surface area contributed by atoms with Gasteiger partial charge in [0.15, 0.2) is 0 Å². The van der Waals surface area contributed by atoms with E-state index in [1.54, 1.807) is 14.2 Å². The fraction of sp³-hybridized carbons (Fsp3) is 0.647. The van der Waals surface area contributed by atoms with Gasteiger partial charge in [-0.3, -0.25) is 0 Å². The van der Waals surface area contributed by atoms with Gasteiger partial charge >= 0.3 is 0 Å². The SMILES string of the molecule is CNC1CC2CCCC(C1)N2c1cc(OC)cc(OC)c1. The van der Waals surface area contributed by atoms with Crippen LogP contribution in [0.4, 0.5) is 5.69 Å². The van der Waals surface area contributed by atoms with E-state index in [0.29, 0.717) is 18.1 Å². The number of nitrogens with zero attached hydrogens (tertiary/aromatic N) is 1. The summed E-state index contributed by atoms with van der Waals surface area (Å²) >= 11 is 0. The van der Waals surface area contributed by atoms with Gasteiger partial charge in [-0.1, -0.05) is 0 Å². The summed E-state index contributed by atoms with van der Waals surface area (Å²) in [7, 11) is 5.52. The van der Waals surface area contributed by atoms with Crippen LogP contribution < -0.4 is 19.7 Å². The van der Waals surface area contributed by atoms with Gasteiger partial charge in [0.2, 0.25) is 0 Å². The van der Waals surface area contributed by atoms with Gasteiger partial charge in [0.25, 0.3) is 0 Å². The fourth-order valence-electron chi connectivity index (χ4n) is 3.98. The first-order valence-corrected chi connectivity index (χ1v) is 7.93. The number of methoxy groups -OCH3 is 2. The molecule has 0 saturated carbocycles. The lowest BCUT2D eigenvalue weighted by molar-refractivity contribution is 0.252. The van der Waals surface area contributed by atoms with Crippen LogP contribution >= 0.6 is 0 Å². The van der Waals surface area contributed by atoms with Gasteiger partial charge in [0.1, 0.15) is 11.5 Å². The molecular weight excluding hydrogens is 264 g/mol. The first-order chi connectivity index (χ1) is 10.2. The Labute approximate surface area is 127 Å². The molecule has 0 amide bonds. The Kier molecular flexibility index (Phi) is 4.24. The number of hydrogen-bond donors (Lipinski definition) is 1. The third-order valence-electron chi connectivity index (χ3n) is 5.02. The molecule has 21 heavy (non-hydrogen) atoms. The lowest BCUT2D eigenvalue weighted by atomic mass is 9.81. The normalized spacial score (nSPS) is 28.3. The topological polar surface area (TPSA) is 33.7 Å². The van der Waals surface area contributed by atoms with Crippen LogP contribution in [-0.4, -0.2) is 39.4 Å². The molecule has 4 nitrogen and oxygen atoms in total. The van der Waals surface area contributed by atoms with Gasteiger partial charge in [-0.2, -0.15) is 0 Å². The number of ether oxygens (including phenoxy) is 2. The summed E-state index contributed by atoms with van der Waals surface area (Å²) in [5.41, 5.74) is 1.25. The van der Waals surface area contributed by atoms with Gasteiger partial charge in [-0.05, 0) is 39.2 Å². The minimum Gasteiger partial charge on any atom is -0.497 e. The average Bonchev–Trinajstić information content (AvgIpc) is 2.52. The molecule has 2 fully saturated rings. The molecule has 0 aromatic heterocycles.